The first-order valence-corrected chi connectivity index (χ1v) is 13.7. The van der Waals surface area contributed by atoms with Crippen LogP contribution in [0.15, 0.2) is 54.6 Å². The SMILES string of the molecule is CCCCCCCCCc1ccc(OC(CCC)OC(=O)C(C)[N+](C)(C)Cc2ccccc2)cc1. The Morgan fingerprint density at radius 1 is 0.800 bits per heavy atom. The van der Waals surface area contributed by atoms with E-state index in [2.05, 4.69) is 52.2 Å². The van der Waals surface area contributed by atoms with Gasteiger partial charge in [0, 0.05) is 12.0 Å². The number of rotatable bonds is 17. The molecule has 0 radical (unpaired) electrons. The van der Waals surface area contributed by atoms with Crippen molar-refractivity contribution in [3.8, 4) is 5.75 Å². The zero-order valence-electron chi connectivity index (χ0n) is 22.8. The number of carbonyl (C=O) groups is 1. The number of benzene rings is 2. The monoisotopic (exact) mass is 482 g/mol. The van der Waals surface area contributed by atoms with Crippen molar-refractivity contribution in [2.24, 2.45) is 0 Å². The molecular formula is C31H48NO3+. The van der Waals surface area contributed by atoms with Gasteiger partial charge in [0.05, 0.1) is 14.1 Å². The van der Waals surface area contributed by atoms with E-state index < -0.39 is 6.29 Å². The lowest BCUT2D eigenvalue weighted by molar-refractivity contribution is -0.917. The molecule has 0 N–H and O–H groups in total. The van der Waals surface area contributed by atoms with E-state index in [0.29, 0.717) is 10.9 Å². The summed E-state index contributed by atoms with van der Waals surface area (Å²) in [6, 6.07) is 18.2. The Morgan fingerprint density at radius 2 is 1.43 bits per heavy atom. The van der Waals surface area contributed by atoms with Crippen LogP contribution in [0.2, 0.25) is 0 Å². The van der Waals surface area contributed by atoms with Crippen LogP contribution in [-0.2, 0) is 22.5 Å². The molecule has 0 spiro atoms. The third-order valence-electron chi connectivity index (χ3n) is 6.85. The fourth-order valence-corrected chi connectivity index (χ4v) is 4.25. The normalized spacial score (nSPS) is 13.3. The third-order valence-corrected chi connectivity index (χ3v) is 6.85. The second-order valence-corrected chi connectivity index (χ2v) is 10.4. The number of ether oxygens (including phenoxy) is 2. The van der Waals surface area contributed by atoms with E-state index in [0.717, 1.165) is 25.1 Å². The van der Waals surface area contributed by atoms with Crippen LogP contribution >= 0.6 is 0 Å². The first-order chi connectivity index (χ1) is 16.9. The summed E-state index contributed by atoms with van der Waals surface area (Å²) in [6.45, 7) is 7.04. The Morgan fingerprint density at radius 3 is 2.06 bits per heavy atom. The second kappa shape index (κ2) is 15.6. The molecule has 2 unspecified atom stereocenters. The number of quaternary nitrogens is 1. The lowest BCUT2D eigenvalue weighted by atomic mass is 10.0. The smallest absolute Gasteiger partial charge is 0.367 e. The molecule has 35 heavy (non-hydrogen) atoms. The molecule has 2 aromatic rings. The summed E-state index contributed by atoms with van der Waals surface area (Å²) in [5.74, 6) is 0.533. The lowest BCUT2D eigenvalue weighted by Gasteiger charge is -2.35. The van der Waals surface area contributed by atoms with Gasteiger partial charge < -0.3 is 14.0 Å². The van der Waals surface area contributed by atoms with E-state index >= 15 is 0 Å². The summed E-state index contributed by atoms with van der Waals surface area (Å²) in [6.07, 6.45) is 11.4. The Bertz CT molecular complexity index is 832. The van der Waals surface area contributed by atoms with Crippen molar-refractivity contribution in [3.63, 3.8) is 0 Å². The van der Waals surface area contributed by atoms with Crippen LogP contribution in [-0.4, -0.2) is 36.9 Å². The molecule has 0 saturated carbocycles. The lowest BCUT2D eigenvalue weighted by Crippen LogP contribution is -2.52. The average Bonchev–Trinajstić information content (AvgIpc) is 2.84. The summed E-state index contributed by atoms with van der Waals surface area (Å²) < 4.78 is 12.5. The zero-order chi connectivity index (χ0) is 25.5. The van der Waals surface area contributed by atoms with E-state index in [4.69, 9.17) is 9.47 Å². The molecule has 2 aromatic carbocycles. The highest BCUT2D eigenvalue weighted by molar-refractivity contribution is 5.74. The largest absolute Gasteiger partial charge is 0.455 e. The van der Waals surface area contributed by atoms with Crippen LogP contribution in [0.1, 0.15) is 89.7 Å². The van der Waals surface area contributed by atoms with Gasteiger partial charge in [0.1, 0.15) is 12.3 Å². The van der Waals surface area contributed by atoms with E-state index in [1.165, 1.54) is 56.1 Å². The van der Waals surface area contributed by atoms with E-state index in [9.17, 15) is 4.79 Å². The maximum atomic E-state index is 13.0. The number of likely N-dealkylation sites (N-methyl/N-ethyl adjacent to an activating group) is 1. The van der Waals surface area contributed by atoms with Gasteiger partial charge in [-0.2, -0.15) is 0 Å². The predicted molar refractivity (Wildman–Crippen MR) is 145 cm³/mol. The maximum Gasteiger partial charge on any atom is 0.367 e. The predicted octanol–water partition coefficient (Wildman–Crippen LogP) is 7.69. The van der Waals surface area contributed by atoms with E-state index in [1.54, 1.807) is 0 Å². The molecule has 0 aliphatic rings. The van der Waals surface area contributed by atoms with Crippen LogP contribution in [0.4, 0.5) is 0 Å². The highest BCUT2D eigenvalue weighted by Crippen LogP contribution is 2.20. The van der Waals surface area contributed by atoms with Gasteiger partial charge in [-0.25, -0.2) is 4.79 Å². The number of carbonyl (C=O) groups excluding carboxylic acids is 1. The van der Waals surface area contributed by atoms with Crippen LogP contribution in [0.5, 0.6) is 5.75 Å². The van der Waals surface area contributed by atoms with Gasteiger partial charge in [-0.1, -0.05) is 94.8 Å². The quantitative estimate of drug-likeness (QED) is 0.100. The summed E-state index contributed by atoms with van der Waals surface area (Å²) in [7, 11) is 4.14. The van der Waals surface area contributed by atoms with Gasteiger partial charge in [-0.05, 0) is 43.9 Å². The van der Waals surface area contributed by atoms with Crippen molar-refractivity contribution >= 4 is 5.97 Å². The van der Waals surface area contributed by atoms with Crippen molar-refractivity contribution in [1.82, 2.24) is 0 Å². The molecule has 194 valence electrons. The maximum absolute atomic E-state index is 13.0. The van der Waals surface area contributed by atoms with Crippen LogP contribution < -0.4 is 4.74 Å². The number of hydrogen-bond acceptors (Lipinski definition) is 3. The summed E-state index contributed by atoms with van der Waals surface area (Å²) >= 11 is 0. The molecule has 0 aliphatic heterocycles. The van der Waals surface area contributed by atoms with Gasteiger partial charge >= 0.3 is 5.97 Å². The van der Waals surface area contributed by atoms with Crippen molar-refractivity contribution in [1.29, 1.82) is 0 Å². The van der Waals surface area contributed by atoms with Gasteiger partial charge in [0.15, 0.2) is 6.04 Å². The fourth-order valence-electron chi connectivity index (χ4n) is 4.25. The van der Waals surface area contributed by atoms with Crippen LogP contribution in [0, 0.1) is 0 Å². The molecule has 0 fully saturated rings. The highest BCUT2D eigenvalue weighted by atomic mass is 16.7. The molecule has 0 aromatic heterocycles. The van der Waals surface area contributed by atoms with Gasteiger partial charge in [0.2, 0.25) is 6.29 Å². The molecule has 0 amide bonds. The standard InChI is InChI=1S/C31H48NO3/c1-6-8-9-10-11-12-14-18-27-21-23-29(24-22-27)34-30(17-7-2)35-31(33)26(3)32(4,5)25-28-19-15-13-16-20-28/h13,15-16,19-24,26,30H,6-12,14,17-18,25H2,1-5H3/q+1. The summed E-state index contributed by atoms with van der Waals surface area (Å²) in [4.78, 5) is 13.0. The number of aryl methyl sites for hydroxylation is 1. The Balaban J connectivity index is 1.84. The number of nitrogens with zero attached hydrogens (tertiary/aromatic N) is 1. The van der Waals surface area contributed by atoms with E-state index in [-0.39, 0.29) is 12.0 Å². The highest BCUT2D eigenvalue weighted by Gasteiger charge is 2.34. The topological polar surface area (TPSA) is 35.5 Å². The molecular weight excluding hydrogens is 434 g/mol. The van der Waals surface area contributed by atoms with Crippen molar-refractivity contribution < 1.29 is 18.8 Å². The number of unbranched alkanes of at least 4 members (excludes halogenated alkanes) is 6. The number of esters is 1. The molecule has 0 aliphatic carbocycles. The van der Waals surface area contributed by atoms with E-state index in [1.807, 2.05) is 37.3 Å². The summed E-state index contributed by atoms with van der Waals surface area (Å²) in [5.41, 5.74) is 2.54. The molecule has 2 rings (SSSR count). The Hall–Kier alpha value is -2.33. The number of hydrogen-bond donors (Lipinski definition) is 0. The van der Waals surface area contributed by atoms with Crippen molar-refractivity contribution in [3.05, 3.63) is 65.7 Å². The minimum atomic E-state index is -0.569. The van der Waals surface area contributed by atoms with Crippen LogP contribution in [0.3, 0.4) is 0 Å². The zero-order valence-corrected chi connectivity index (χ0v) is 22.8. The Kier molecular flexibility index (Phi) is 12.9. The van der Waals surface area contributed by atoms with Crippen molar-refractivity contribution in [2.45, 2.75) is 104 Å². The minimum Gasteiger partial charge on any atom is -0.455 e. The molecule has 4 heteroatoms. The van der Waals surface area contributed by atoms with Gasteiger partial charge in [-0.3, -0.25) is 0 Å². The third kappa shape index (κ3) is 10.9. The van der Waals surface area contributed by atoms with Crippen molar-refractivity contribution in [2.75, 3.05) is 14.1 Å². The summed E-state index contributed by atoms with van der Waals surface area (Å²) in [5, 5.41) is 0. The molecule has 0 saturated heterocycles. The fraction of sp³-hybridized carbons (Fsp3) is 0.581. The molecule has 0 heterocycles. The minimum absolute atomic E-state index is 0.222. The van der Waals surface area contributed by atoms with Crippen LogP contribution in [0.25, 0.3) is 0 Å². The first kappa shape index (κ1) is 28.9. The molecule has 4 nitrogen and oxygen atoms in total. The average molecular weight is 483 g/mol. The second-order valence-electron chi connectivity index (χ2n) is 10.4. The van der Waals surface area contributed by atoms with Gasteiger partial charge in [0.25, 0.3) is 0 Å². The Labute approximate surface area is 214 Å². The van der Waals surface area contributed by atoms with Gasteiger partial charge in [-0.15, -0.1) is 0 Å². The molecule has 2 atom stereocenters. The molecule has 0 bridgehead atoms. The first-order valence-electron chi connectivity index (χ1n) is 13.7.